The van der Waals surface area contributed by atoms with Crippen LogP contribution in [0.5, 0.6) is 0 Å². The topological polar surface area (TPSA) is 38.3 Å². The second kappa shape index (κ2) is 4.85. The van der Waals surface area contributed by atoms with E-state index in [-0.39, 0.29) is 5.91 Å². The maximum Gasteiger partial charge on any atom is 0.249 e. The third-order valence-electron chi connectivity index (χ3n) is 1.01. The van der Waals surface area contributed by atoms with E-state index in [4.69, 9.17) is 4.74 Å². The van der Waals surface area contributed by atoms with Gasteiger partial charge >= 0.3 is 0 Å². The number of carbonyl (C=O) groups is 1. The van der Waals surface area contributed by atoms with Crippen molar-refractivity contribution in [2.75, 3.05) is 13.7 Å². The highest BCUT2D eigenvalue weighted by Crippen LogP contribution is 1.91. The van der Waals surface area contributed by atoms with Gasteiger partial charge in [0.15, 0.2) is 0 Å². The van der Waals surface area contributed by atoms with Gasteiger partial charge < -0.3 is 10.1 Å². The van der Waals surface area contributed by atoms with Crippen LogP contribution < -0.4 is 5.32 Å². The smallest absolute Gasteiger partial charge is 0.249 e. The Morgan fingerprint density at radius 2 is 2.30 bits per heavy atom. The van der Waals surface area contributed by atoms with E-state index in [9.17, 15) is 4.79 Å². The zero-order valence-corrected chi connectivity index (χ0v) is 6.60. The highest BCUT2D eigenvalue weighted by atomic mass is 16.5. The standard InChI is InChI=1S/C7H13NO2/c1-4-10-5-6(2)7(9)8-3/h5H,4H2,1-3H3,(H,8,9). The lowest BCUT2D eigenvalue weighted by atomic mass is 10.3. The van der Waals surface area contributed by atoms with E-state index in [0.29, 0.717) is 12.2 Å². The van der Waals surface area contributed by atoms with E-state index in [1.54, 1.807) is 14.0 Å². The molecule has 3 heteroatoms. The molecule has 0 aliphatic heterocycles. The minimum Gasteiger partial charge on any atom is -0.501 e. The molecular formula is C7H13NO2. The lowest BCUT2D eigenvalue weighted by Crippen LogP contribution is -2.18. The van der Waals surface area contributed by atoms with Crippen LogP contribution in [0, 0.1) is 0 Å². The Bertz CT molecular complexity index is 141. The van der Waals surface area contributed by atoms with E-state index in [1.165, 1.54) is 6.26 Å². The summed E-state index contributed by atoms with van der Waals surface area (Å²) in [6.07, 6.45) is 1.46. The van der Waals surface area contributed by atoms with Gasteiger partial charge in [-0.15, -0.1) is 0 Å². The van der Waals surface area contributed by atoms with Crippen molar-refractivity contribution in [3.05, 3.63) is 11.8 Å². The summed E-state index contributed by atoms with van der Waals surface area (Å²) < 4.78 is 4.90. The first-order valence-electron chi connectivity index (χ1n) is 3.22. The van der Waals surface area contributed by atoms with Crippen molar-refractivity contribution < 1.29 is 9.53 Å². The molecule has 0 bridgehead atoms. The number of likely N-dealkylation sites (N-methyl/N-ethyl adjacent to an activating group) is 1. The summed E-state index contributed by atoms with van der Waals surface area (Å²) in [6, 6.07) is 0. The summed E-state index contributed by atoms with van der Waals surface area (Å²) in [5.41, 5.74) is 0.587. The van der Waals surface area contributed by atoms with E-state index < -0.39 is 0 Å². The minimum absolute atomic E-state index is 0.103. The monoisotopic (exact) mass is 143 g/mol. The molecule has 0 spiro atoms. The van der Waals surface area contributed by atoms with Crippen molar-refractivity contribution in [3.63, 3.8) is 0 Å². The summed E-state index contributed by atoms with van der Waals surface area (Å²) in [4.78, 5) is 10.8. The number of nitrogens with one attached hydrogen (secondary N) is 1. The molecule has 1 amide bonds. The SMILES string of the molecule is CCOC=C(C)C(=O)NC. The van der Waals surface area contributed by atoms with Crippen molar-refractivity contribution in [2.24, 2.45) is 0 Å². The molecular weight excluding hydrogens is 130 g/mol. The van der Waals surface area contributed by atoms with Crippen LogP contribution in [0.4, 0.5) is 0 Å². The number of carbonyl (C=O) groups excluding carboxylic acids is 1. The molecule has 0 saturated heterocycles. The molecule has 58 valence electrons. The zero-order chi connectivity index (χ0) is 7.98. The molecule has 0 heterocycles. The second-order valence-electron chi connectivity index (χ2n) is 1.84. The summed E-state index contributed by atoms with van der Waals surface area (Å²) in [6.45, 7) is 4.16. The van der Waals surface area contributed by atoms with Crippen LogP contribution >= 0.6 is 0 Å². The first-order chi connectivity index (χ1) is 4.72. The van der Waals surface area contributed by atoms with Crippen LogP contribution in [0.1, 0.15) is 13.8 Å². The number of rotatable bonds is 3. The average molecular weight is 143 g/mol. The number of ether oxygens (including phenoxy) is 1. The maximum absolute atomic E-state index is 10.8. The molecule has 0 unspecified atom stereocenters. The van der Waals surface area contributed by atoms with E-state index in [2.05, 4.69) is 5.32 Å². The highest BCUT2D eigenvalue weighted by molar-refractivity contribution is 5.92. The summed E-state index contributed by atoms with van der Waals surface area (Å²) in [5, 5.41) is 2.49. The second-order valence-corrected chi connectivity index (χ2v) is 1.84. The van der Waals surface area contributed by atoms with Crippen molar-refractivity contribution in [2.45, 2.75) is 13.8 Å². The Balaban J connectivity index is 3.80. The molecule has 0 aromatic carbocycles. The first-order valence-corrected chi connectivity index (χ1v) is 3.22. The van der Waals surface area contributed by atoms with Crippen LogP contribution in [0.25, 0.3) is 0 Å². The van der Waals surface area contributed by atoms with Gasteiger partial charge in [0.1, 0.15) is 0 Å². The Kier molecular flexibility index (Phi) is 4.37. The van der Waals surface area contributed by atoms with Gasteiger partial charge in [0.2, 0.25) is 5.91 Å². The van der Waals surface area contributed by atoms with Crippen molar-refractivity contribution in [1.29, 1.82) is 0 Å². The van der Waals surface area contributed by atoms with Crippen LogP contribution in [-0.4, -0.2) is 19.6 Å². The highest BCUT2D eigenvalue weighted by Gasteiger charge is 1.98. The van der Waals surface area contributed by atoms with E-state index >= 15 is 0 Å². The Labute approximate surface area is 61.1 Å². The summed E-state index contributed by atoms with van der Waals surface area (Å²) in [7, 11) is 1.59. The predicted octanol–water partition coefficient (Wildman–Crippen LogP) is 0.673. The van der Waals surface area contributed by atoms with Crippen LogP contribution in [0.2, 0.25) is 0 Å². The number of hydrogen-bond donors (Lipinski definition) is 1. The first kappa shape index (κ1) is 9.01. The van der Waals surface area contributed by atoms with Gasteiger partial charge in [0.05, 0.1) is 12.9 Å². The van der Waals surface area contributed by atoms with Crippen molar-refractivity contribution in [1.82, 2.24) is 5.32 Å². The zero-order valence-electron chi connectivity index (χ0n) is 6.60. The molecule has 3 nitrogen and oxygen atoms in total. The molecule has 0 aliphatic rings. The van der Waals surface area contributed by atoms with Gasteiger partial charge in [-0.2, -0.15) is 0 Å². The van der Waals surface area contributed by atoms with E-state index in [0.717, 1.165) is 0 Å². The quantitative estimate of drug-likeness (QED) is 0.466. The van der Waals surface area contributed by atoms with Gasteiger partial charge in [0, 0.05) is 12.6 Å². The Hall–Kier alpha value is -0.990. The number of hydrogen-bond acceptors (Lipinski definition) is 2. The molecule has 0 rings (SSSR count). The molecule has 0 radical (unpaired) electrons. The van der Waals surface area contributed by atoms with Gasteiger partial charge in [0.25, 0.3) is 0 Å². The fourth-order valence-electron chi connectivity index (χ4n) is 0.459. The van der Waals surface area contributed by atoms with E-state index in [1.807, 2.05) is 6.92 Å². The fraction of sp³-hybridized carbons (Fsp3) is 0.571. The predicted molar refractivity (Wildman–Crippen MR) is 39.4 cm³/mol. The Morgan fingerprint density at radius 1 is 1.70 bits per heavy atom. The normalized spacial score (nSPS) is 10.9. The molecule has 0 fully saturated rings. The Morgan fingerprint density at radius 3 is 2.70 bits per heavy atom. The largest absolute Gasteiger partial charge is 0.501 e. The van der Waals surface area contributed by atoms with Gasteiger partial charge in [-0.1, -0.05) is 0 Å². The number of amides is 1. The average Bonchev–Trinajstić information content (AvgIpc) is 1.98. The molecule has 0 aromatic rings. The summed E-state index contributed by atoms with van der Waals surface area (Å²) in [5.74, 6) is -0.103. The summed E-state index contributed by atoms with van der Waals surface area (Å²) >= 11 is 0. The van der Waals surface area contributed by atoms with Gasteiger partial charge in [-0.25, -0.2) is 0 Å². The maximum atomic E-state index is 10.8. The third-order valence-corrected chi connectivity index (χ3v) is 1.01. The molecule has 0 atom stereocenters. The van der Waals surface area contributed by atoms with Gasteiger partial charge in [-0.05, 0) is 13.8 Å². The lowest BCUT2D eigenvalue weighted by Gasteiger charge is -1.98. The lowest BCUT2D eigenvalue weighted by molar-refractivity contribution is -0.117. The molecule has 0 aromatic heterocycles. The third kappa shape index (κ3) is 3.12. The molecule has 1 N–H and O–H groups in total. The fourth-order valence-corrected chi connectivity index (χ4v) is 0.459. The molecule has 0 saturated carbocycles. The molecule has 0 aliphatic carbocycles. The molecule has 10 heavy (non-hydrogen) atoms. The van der Waals surface area contributed by atoms with Crippen LogP contribution in [0.3, 0.4) is 0 Å². The minimum atomic E-state index is -0.103. The van der Waals surface area contributed by atoms with Crippen molar-refractivity contribution >= 4 is 5.91 Å². The van der Waals surface area contributed by atoms with Crippen molar-refractivity contribution in [3.8, 4) is 0 Å². The van der Waals surface area contributed by atoms with Crippen LogP contribution in [0.15, 0.2) is 11.8 Å². The van der Waals surface area contributed by atoms with Crippen LogP contribution in [-0.2, 0) is 9.53 Å². The van der Waals surface area contributed by atoms with Gasteiger partial charge in [-0.3, -0.25) is 4.79 Å².